The summed E-state index contributed by atoms with van der Waals surface area (Å²) in [7, 11) is 0. The van der Waals surface area contributed by atoms with E-state index in [-0.39, 0.29) is 6.10 Å². The molecule has 1 N–H and O–H groups in total. The molecule has 0 heterocycles. The summed E-state index contributed by atoms with van der Waals surface area (Å²) in [6.45, 7) is 14.0. The van der Waals surface area contributed by atoms with Crippen molar-refractivity contribution in [2.75, 3.05) is 0 Å². The summed E-state index contributed by atoms with van der Waals surface area (Å²) in [4.78, 5) is 0. The van der Waals surface area contributed by atoms with Gasteiger partial charge in [0, 0.05) is 0 Å². The van der Waals surface area contributed by atoms with Gasteiger partial charge in [0.1, 0.15) is 0 Å². The molecular weight excluding hydrogens is 172 g/mol. The fraction of sp³-hybridized carbons (Fsp3) is 1.00. The minimum absolute atomic E-state index is 0.0211. The van der Waals surface area contributed by atoms with Crippen molar-refractivity contribution >= 4 is 0 Å². The molecule has 0 aromatic carbocycles. The highest BCUT2D eigenvalue weighted by molar-refractivity contribution is 4.94. The molecule has 1 nitrogen and oxygen atoms in total. The third-order valence-corrected chi connectivity index (χ3v) is 3.49. The van der Waals surface area contributed by atoms with Crippen molar-refractivity contribution in [3.05, 3.63) is 0 Å². The molecule has 1 heteroatoms. The van der Waals surface area contributed by atoms with Crippen LogP contribution in [0.5, 0.6) is 0 Å². The van der Waals surface area contributed by atoms with Crippen molar-refractivity contribution in [2.24, 2.45) is 22.7 Å². The monoisotopic (exact) mass is 198 g/mol. The Morgan fingerprint density at radius 1 is 0.929 bits per heavy atom. The van der Waals surface area contributed by atoms with Crippen LogP contribution < -0.4 is 0 Å². The fourth-order valence-electron chi connectivity index (χ4n) is 3.62. The molecule has 0 atom stereocenters. The van der Waals surface area contributed by atoms with E-state index in [1.54, 1.807) is 0 Å². The van der Waals surface area contributed by atoms with E-state index < -0.39 is 0 Å². The normalized spacial score (nSPS) is 29.1. The Hall–Kier alpha value is -0.0400. The molecule has 0 aromatic rings. The lowest BCUT2D eigenvalue weighted by Gasteiger charge is -2.50. The third-order valence-electron chi connectivity index (χ3n) is 3.49. The molecule has 0 aromatic heterocycles. The van der Waals surface area contributed by atoms with Crippen LogP contribution in [0.3, 0.4) is 0 Å². The highest BCUT2D eigenvalue weighted by Gasteiger charge is 2.45. The Morgan fingerprint density at radius 2 is 1.29 bits per heavy atom. The second-order valence-electron chi connectivity index (χ2n) is 7.10. The molecule has 0 unspecified atom stereocenters. The van der Waals surface area contributed by atoms with Gasteiger partial charge >= 0.3 is 0 Å². The molecular formula is C13H26O. The van der Waals surface area contributed by atoms with Crippen LogP contribution in [0.1, 0.15) is 54.4 Å². The van der Waals surface area contributed by atoms with Crippen molar-refractivity contribution in [2.45, 2.75) is 60.5 Å². The molecule has 0 saturated heterocycles. The van der Waals surface area contributed by atoms with Crippen molar-refractivity contribution in [1.82, 2.24) is 0 Å². The summed E-state index contributed by atoms with van der Waals surface area (Å²) in [6, 6.07) is 0. The van der Waals surface area contributed by atoms with Crippen LogP contribution in [0.4, 0.5) is 0 Å². The van der Waals surface area contributed by atoms with Crippen LogP contribution in [0, 0.1) is 22.7 Å². The Balaban J connectivity index is 2.74. The van der Waals surface area contributed by atoms with Gasteiger partial charge < -0.3 is 5.11 Å². The van der Waals surface area contributed by atoms with E-state index in [0.29, 0.717) is 16.7 Å². The number of aliphatic hydroxyl groups is 1. The standard InChI is InChI=1S/C13H26O/c1-12(2,3)11(13(4,5)6)9-7-10(14)8-9/h9-11,14H,7-8H2,1-6H3. The van der Waals surface area contributed by atoms with Crippen LogP contribution >= 0.6 is 0 Å². The summed E-state index contributed by atoms with van der Waals surface area (Å²) < 4.78 is 0. The van der Waals surface area contributed by atoms with E-state index in [1.165, 1.54) is 0 Å². The van der Waals surface area contributed by atoms with Crippen molar-refractivity contribution in [3.63, 3.8) is 0 Å². The third kappa shape index (κ3) is 2.50. The van der Waals surface area contributed by atoms with E-state index in [9.17, 15) is 5.11 Å². The topological polar surface area (TPSA) is 20.2 Å². The molecule has 0 radical (unpaired) electrons. The Bertz CT molecular complexity index is 174. The first kappa shape index (κ1) is 12.0. The first-order valence-electron chi connectivity index (χ1n) is 5.80. The van der Waals surface area contributed by atoms with E-state index in [4.69, 9.17) is 0 Å². The van der Waals surface area contributed by atoms with Gasteiger partial charge in [0.25, 0.3) is 0 Å². The SMILES string of the molecule is CC(C)(C)C(C1CC(O)C1)C(C)(C)C. The van der Waals surface area contributed by atoms with Crippen LogP contribution in [0.15, 0.2) is 0 Å². The first-order chi connectivity index (χ1) is 6.12. The predicted molar refractivity (Wildman–Crippen MR) is 61.1 cm³/mol. The fourth-order valence-corrected chi connectivity index (χ4v) is 3.62. The molecule has 0 aliphatic heterocycles. The van der Waals surface area contributed by atoms with Gasteiger partial charge in [0.05, 0.1) is 6.10 Å². The maximum atomic E-state index is 9.40. The lowest BCUT2D eigenvalue weighted by Crippen LogP contribution is -2.45. The number of hydrogen-bond acceptors (Lipinski definition) is 1. The molecule has 84 valence electrons. The number of rotatable bonds is 1. The molecule has 1 saturated carbocycles. The lowest BCUT2D eigenvalue weighted by atomic mass is 9.56. The average Bonchev–Trinajstić information content (AvgIpc) is 1.76. The van der Waals surface area contributed by atoms with Crippen LogP contribution in [-0.4, -0.2) is 11.2 Å². The largest absolute Gasteiger partial charge is 0.393 e. The summed E-state index contributed by atoms with van der Waals surface area (Å²) in [5, 5.41) is 9.40. The zero-order valence-corrected chi connectivity index (χ0v) is 10.6. The summed E-state index contributed by atoms with van der Waals surface area (Å²) in [5.41, 5.74) is 0.701. The quantitative estimate of drug-likeness (QED) is 0.684. The van der Waals surface area contributed by atoms with Gasteiger partial charge in [-0.15, -0.1) is 0 Å². The van der Waals surface area contributed by atoms with Crippen molar-refractivity contribution in [1.29, 1.82) is 0 Å². The van der Waals surface area contributed by atoms with Gasteiger partial charge in [-0.1, -0.05) is 41.5 Å². The molecule has 1 fully saturated rings. The van der Waals surface area contributed by atoms with Crippen LogP contribution in [0.2, 0.25) is 0 Å². The van der Waals surface area contributed by atoms with E-state index in [2.05, 4.69) is 41.5 Å². The molecule has 1 aliphatic carbocycles. The first-order valence-corrected chi connectivity index (χ1v) is 5.80. The van der Waals surface area contributed by atoms with Gasteiger partial charge in [-0.05, 0) is 35.5 Å². The molecule has 0 spiro atoms. The zero-order valence-electron chi connectivity index (χ0n) is 10.6. The van der Waals surface area contributed by atoms with Gasteiger partial charge in [0.2, 0.25) is 0 Å². The van der Waals surface area contributed by atoms with Crippen LogP contribution in [0.25, 0.3) is 0 Å². The highest BCUT2D eigenvalue weighted by Crippen LogP contribution is 2.50. The van der Waals surface area contributed by atoms with Gasteiger partial charge in [-0.3, -0.25) is 0 Å². The average molecular weight is 198 g/mol. The molecule has 14 heavy (non-hydrogen) atoms. The van der Waals surface area contributed by atoms with Crippen LogP contribution in [-0.2, 0) is 0 Å². The van der Waals surface area contributed by atoms with Gasteiger partial charge in [-0.25, -0.2) is 0 Å². The summed E-state index contributed by atoms with van der Waals surface area (Å²) in [6.07, 6.45) is 2.01. The van der Waals surface area contributed by atoms with Gasteiger partial charge in [0.15, 0.2) is 0 Å². The van der Waals surface area contributed by atoms with E-state index in [1.807, 2.05) is 0 Å². The van der Waals surface area contributed by atoms with Crippen molar-refractivity contribution in [3.8, 4) is 0 Å². The summed E-state index contributed by atoms with van der Waals surface area (Å²) in [5.74, 6) is 1.43. The van der Waals surface area contributed by atoms with E-state index >= 15 is 0 Å². The maximum Gasteiger partial charge on any atom is 0.0545 e. The highest BCUT2D eigenvalue weighted by atomic mass is 16.3. The molecule has 0 bridgehead atoms. The Kier molecular flexibility index (Phi) is 3.02. The minimum Gasteiger partial charge on any atom is -0.393 e. The van der Waals surface area contributed by atoms with Gasteiger partial charge in [-0.2, -0.15) is 0 Å². The van der Waals surface area contributed by atoms with E-state index in [0.717, 1.165) is 18.8 Å². The molecule has 1 aliphatic rings. The summed E-state index contributed by atoms with van der Waals surface area (Å²) >= 11 is 0. The molecule has 0 amide bonds. The zero-order chi connectivity index (χ0) is 11.1. The second-order valence-corrected chi connectivity index (χ2v) is 7.10. The minimum atomic E-state index is -0.0211. The maximum absolute atomic E-state index is 9.40. The van der Waals surface area contributed by atoms with Crippen molar-refractivity contribution < 1.29 is 5.11 Å². The Morgan fingerprint density at radius 3 is 1.50 bits per heavy atom. The predicted octanol–water partition coefficient (Wildman–Crippen LogP) is 3.47. The lowest BCUT2D eigenvalue weighted by molar-refractivity contribution is -0.0581. The molecule has 1 rings (SSSR count). The smallest absolute Gasteiger partial charge is 0.0545 e. The Labute approximate surface area is 88.9 Å². The number of hydrogen-bond donors (Lipinski definition) is 1. The number of aliphatic hydroxyl groups excluding tert-OH is 1. The second kappa shape index (κ2) is 3.52.